The fourth-order valence-corrected chi connectivity index (χ4v) is 9.55. The zero-order chi connectivity index (χ0) is 38.3. The van der Waals surface area contributed by atoms with Gasteiger partial charge in [0.25, 0.3) is 0 Å². The molecule has 0 unspecified atom stereocenters. The Hall–Kier alpha value is -7.28. The quantitative estimate of drug-likeness (QED) is 0.179. The van der Waals surface area contributed by atoms with Crippen molar-refractivity contribution < 1.29 is 8.42 Å². The van der Waals surface area contributed by atoms with Crippen LogP contribution >= 0.6 is 0 Å². The van der Waals surface area contributed by atoms with Crippen molar-refractivity contribution in [2.75, 3.05) is 0 Å². The predicted octanol–water partition coefficient (Wildman–Crippen LogP) is 12.4. The minimum Gasteiger partial charge on any atom is -0.264 e. The summed E-state index contributed by atoms with van der Waals surface area (Å²) in [4.78, 5) is 15.1. The van der Waals surface area contributed by atoms with Crippen LogP contribution in [0, 0.1) is 0 Å². The highest BCUT2D eigenvalue weighted by atomic mass is 32.2. The van der Waals surface area contributed by atoms with Crippen molar-refractivity contribution in [1.82, 2.24) is 15.0 Å². The van der Waals surface area contributed by atoms with Crippen LogP contribution in [0.15, 0.2) is 210 Å². The molecule has 0 saturated heterocycles. The molecule has 270 valence electrons. The highest BCUT2D eigenvalue weighted by molar-refractivity contribution is 7.91. The average Bonchev–Trinajstić information content (AvgIpc) is 3.30. The Morgan fingerprint density at radius 1 is 0.333 bits per heavy atom. The Balaban J connectivity index is 1.22. The third kappa shape index (κ3) is 6.13. The maximum Gasteiger partial charge on any atom is 0.207 e. The van der Waals surface area contributed by atoms with Crippen molar-refractivity contribution in [1.29, 1.82) is 0 Å². The van der Waals surface area contributed by atoms with Gasteiger partial charge in [-0.15, -0.1) is 0 Å². The summed E-state index contributed by atoms with van der Waals surface area (Å²) < 4.78 is 30.0. The molecule has 0 bridgehead atoms. The minimum absolute atomic E-state index is 0.237. The van der Waals surface area contributed by atoms with Gasteiger partial charge >= 0.3 is 0 Å². The molecule has 9 aromatic rings. The zero-order valence-corrected chi connectivity index (χ0v) is 31.4. The van der Waals surface area contributed by atoms with E-state index in [2.05, 4.69) is 59.6 Å². The number of nitrogens with zero attached hydrogens (tertiary/aromatic N) is 3. The molecule has 0 N–H and O–H groups in total. The van der Waals surface area contributed by atoms with E-state index >= 15 is 0 Å². The maximum atomic E-state index is 15.0. The van der Waals surface area contributed by atoms with Gasteiger partial charge in [-0.25, -0.2) is 18.4 Å². The second kappa shape index (κ2) is 14.1. The largest absolute Gasteiger partial charge is 0.264 e. The molecule has 7 aromatic carbocycles. The summed E-state index contributed by atoms with van der Waals surface area (Å²) in [5, 5.41) is 0. The number of fused-ring (bicyclic) bond motifs is 9. The van der Waals surface area contributed by atoms with Gasteiger partial charge in [-0.05, 0) is 74.8 Å². The first-order valence-electron chi connectivity index (χ1n) is 18.8. The van der Waals surface area contributed by atoms with Crippen molar-refractivity contribution in [2.45, 2.75) is 9.79 Å². The van der Waals surface area contributed by atoms with Gasteiger partial charge in [0.2, 0.25) is 9.84 Å². The number of aromatic nitrogens is 3. The molecule has 0 radical (unpaired) electrons. The Morgan fingerprint density at radius 2 is 0.772 bits per heavy atom. The summed E-state index contributed by atoms with van der Waals surface area (Å²) >= 11 is 0. The fourth-order valence-electron chi connectivity index (χ4n) is 7.86. The zero-order valence-electron chi connectivity index (χ0n) is 30.6. The molecule has 3 heterocycles. The highest BCUT2D eigenvalue weighted by Gasteiger charge is 2.29. The third-order valence-electron chi connectivity index (χ3n) is 10.6. The van der Waals surface area contributed by atoms with E-state index in [-0.39, 0.29) is 9.79 Å². The number of hydrogen-bond donors (Lipinski definition) is 0. The van der Waals surface area contributed by atoms with E-state index in [1.807, 2.05) is 115 Å². The smallest absolute Gasteiger partial charge is 0.207 e. The maximum absolute atomic E-state index is 15.0. The summed E-state index contributed by atoms with van der Waals surface area (Å²) in [6.07, 6.45) is 3.63. The third-order valence-corrected chi connectivity index (χ3v) is 12.5. The summed E-state index contributed by atoms with van der Waals surface area (Å²) in [6, 6.07) is 61.6. The van der Waals surface area contributed by atoms with E-state index in [0.717, 1.165) is 72.6 Å². The van der Waals surface area contributed by atoms with Crippen LogP contribution in [0.4, 0.5) is 0 Å². The van der Waals surface area contributed by atoms with E-state index < -0.39 is 9.84 Å². The molecule has 10 rings (SSSR count). The van der Waals surface area contributed by atoms with Gasteiger partial charge in [0.1, 0.15) is 0 Å². The second-order valence-electron chi connectivity index (χ2n) is 14.0. The Bertz CT molecular complexity index is 3070. The predicted molar refractivity (Wildman–Crippen MR) is 229 cm³/mol. The normalized spacial score (nSPS) is 12.5. The molecule has 5 nitrogen and oxygen atoms in total. The average molecular weight is 752 g/mol. The van der Waals surface area contributed by atoms with Gasteiger partial charge in [-0.3, -0.25) is 4.98 Å². The molecular formula is C51H33N3O2S. The lowest BCUT2D eigenvalue weighted by atomic mass is 9.86. The van der Waals surface area contributed by atoms with E-state index in [4.69, 9.17) is 9.97 Å². The molecule has 0 fully saturated rings. The van der Waals surface area contributed by atoms with Crippen molar-refractivity contribution in [3.63, 3.8) is 0 Å². The summed E-state index contributed by atoms with van der Waals surface area (Å²) in [7, 11) is -4.01. The van der Waals surface area contributed by atoms with E-state index in [9.17, 15) is 8.42 Å². The van der Waals surface area contributed by atoms with Gasteiger partial charge in [-0.2, -0.15) is 0 Å². The first-order chi connectivity index (χ1) is 28.0. The first-order valence-corrected chi connectivity index (χ1v) is 20.2. The SMILES string of the molecule is O=S1(=O)c2ccccc2-c2ccccc2-c2ccccc2-c2ccc(-c3nc(-c4ccccc4)cc(-c4ccc(-c5cccnc5)cc4)n3)cc2-c2ccccc21. The number of pyridine rings is 1. The summed E-state index contributed by atoms with van der Waals surface area (Å²) in [5.74, 6) is 0.532. The lowest BCUT2D eigenvalue weighted by Gasteiger charge is -2.18. The van der Waals surface area contributed by atoms with Crippen LogP contribution in [-0.4, -0.2) is 23.4 Å². The van der Waals surface area contributed by atoms with Crippen LogP contribution in [0.1, 0.15) is 0 Å². The molecule has 1 aliphatic rings. The number of hydrogen-bond acceptors (Lipinski definition) is 5. The lowest BCUT2D eigenvalue weighted by molar-refractivity contribution is 0.596. The van der Waals surface area contributed by atoms with E-state index in [1.165, 1.54) is 0 Å². The van der Waals surface area contributed by atoms with Crippen LogP contribution in [0.2, 0.25) is 0 Å². The molecule has 0 atom stereocenters. The van der Waals surface area contributed by atoms with Crippen LogP contribution in [0.3, 0.4) is 0 Å². The fraction of sp³-hybridized carbons (Fsp3) is 0. The molecule has 0 amide bonds. The van der Waals surface area contributed by atoms with E-state index in [0.29, 0.717) is 17.0 Å². The van der Waals surface area contributed by atoms with Gasteiger partial charge in [0, 0.05) is 40.2 Å². The molecular weight excluding hydrogens is 719 g/mol. The monoisotopic (exact) mass is 751 g/mol. The lowest BCUT2D eigenvalue weighted by Crippen LogP contribution is -2.06. The van der Waals surface area contributed by atoms with Crippen LogP contribution in [0.5, 0.6) is 0 Å². The van der Waals surface area contributed by atoms with Crippen molar-refractivity contribution in [2.24, 2.45) is 0 Å². The van der Waals surface area contributed by atoms with Crippen LogP contribution in [-0.2, 0) is 9.84 Å². The Kier molecular flexibility index (Phi) is 8.46. The van der Waals surface area contributed by atoms with Crippen LogP contribution < -0.4 is 0 Å². The van der Waals surface area contributed by atoms with Crippen molar-refractivity contribution in [3.8, 4) is 89.5 Å². The number of benzene rings is 7. The van der Waals surface area contributed by atoms with Gasteiger partial charge < -0.3 is 0 Å². The topological polar surface area (TPSA) is 72.8 Å². The standard InChI is InChI=1S/C51H33N3O2S/c55-57(56)49-22-10-8-20-44(49)42-19-7-6-17-40(42)39-16-4-5-18-41(39)43-29-28-37(31-46(43)45-21-9-11-23-50(45)57)51-53-47(35-13-2-1-3-14-35)32-48(54-51)36-26-24-34(25-27-36)38-15-12-30-52-33-38/h1-33H. The number of sulfone groups is 1. The molecule has 0 spiro atoms. The van der Waals surface area contributed by atoms with Crippen molar-refractivity contribution >= 4 is 9.84 Å². The second-order valence-corrected chi connectivity index (χ2v) is 15.9. The van der Waals surface area contributed by atoms with Crippen LogP contribution in [0.25, 0.3) is 89.5 Å². The molecule has 1 aliphatic heterocycles. The van der Waals surface area contributed by atoms with Gasteiger partial charge in [0.05, 0.1) is 21.2 Å². The summed E-state index contributed by atoms with van der Waals surface area (Å²) in [5.41, 5.74) is 13.1. The molecule has 6 heteroatoms. The van der Waals surface area contributed by atoms with E-state index in [1.54, 1.807) is 30.5 Å². The molecule has 0 saturated carbocycles. The highest BCUT2D eigenvalue weighted by Crippen LogP contribution is 2.47. The number of rotatable bonds is 4. The van der Waals surface area contributed by atoms with Gasteiger partial charge in [-0.1, -0.05) is 158 Å². The molecule has 0 aliphatic carbocycles. The molecule has 2 aromatic heterocycles. The van der Waals surface area contributed by atoms with Crippen molar-refractivity contribution in [3.05, 3.63) is 200 Å². The molecule has 57 heavy (non-hydrogen) atoms. The van der Waals surface area contributed by atoms with Gasteiger partial charge in [0.15, 0.2) is 5.82 Å². The Labute approximate surface area is 331 Å². The minimum atomic E-state index is -4.01. The Morgan fingerprint density at radius 3 is 1.35 bits per heavy atom. The summed E-state index contributed by atoms with van der Waals surface area (Å²) in [6.45, 7) is 0. The first kappa shape index (κ1) is 34.2.